The van der Waals surface area contributed by atoms with Gasteiger partial charge >= 0.3 is 0 Å². The van der Waals surface area contributed by atoms with Gasteiger partial charge in [-0.05, 0) is 49.1 Å². The summed E-state index contributed by atoms with van der Waals surface area (Å²) in [5, 5.41) is 9.82. The molecule has 0 saturated heterocycles. The van der Waals surface area contributed by atoms with Crippen molar-refractivity contribution in [2.24, 2.45) is 0 Å². The van der Waals surface area contributed by atoms with Crippen LogP contribution in [0.2, 0.25) is 0 Å². The van der Waals surface area contributed by atoms with Gasteiger partial charge in [0.25, 0.3) is 0 Å². The van der Waals surface area contributed by atoms with Crippen molar-refractivity contribution in [1.29, 1.82) is 0 Å². The third kappa shape index (κ3) is 2.90. The van der Waals surface area contributed by atoms with Gasteiger partial charge in [-0.25, -0.2) is 0 Å². The number of aryl methyl sites for hydroxylation is 3. The third-order valence-electron chi connectivity index (χ3n) is 3.38. The monoisotopic (exact) mass is 256 g/mol. The molecule has 0 radical (unpaired) electrons. The first-order valence-corrected chi connectivity index (χ1v) is 6.44. The predicted octanol–water partition coefficient (Wildman–Crippen LogP) is 3.92. The van der Waals surface area contributed by atoms with Gasteiger partial charge in [0, 0.05) is 6.42 Å². The van der Waals surface area contributed by atoms with Crippen LogP contribution >= 0.6 is 0 Å². The molecule has 0 amide bonds. The maximum Gasteiger partial charge on any atom is 0.122 e. The van der Waals surface area contributed by atoms with E-state index in [1.165, 1.54) is 16.7 Å². The molecule has 2 aromatic rings. The molecule has 0 saturated carbocycles. The summed E-state index contributed by atoms with van der Waals surface area (Å²) >= 11 is 0. The van der Waals surface area contributed by atoms with Crippen LogP contribution in [-0.4, -0.2) is 12.2 Å². The third-order valence-corrected chi connectivity index (χ3v) is 3.38. The van der Waals surface area contributed by atoms with Crippen molar-refractivity contribution in [2.45, 2.75) is 27.2 Å². The molecule has 0 heterocycles. The van der Waals surface area contributed by atoms with Gasteiger partial charge in [0.15, 0.2) is 0 Å². The first-order chi connectivity index (χ1) is 9.01. The Bertz CT molecular complexity index is 577. The van der Waals surface area contributed by atoms with Crippen LogP contribution in [0.3, 0.4) is 0 Å². The van der Waals surface area contributed by atoms with Crippen molar-refractivity contribution in [3.63, 3.8) is 0 Å². The van der Waals surface area contributed by atoms with E-state index < -0.39 is 0 Å². The average molecular weight is 256 g/mol. The molecule has 2 nitrogen and oxygen atoms in total. The number of ether oxygens (including phenoxy) is 1. The zero-order valence-corrected chi connectivity index (χ0v) is 11.9. The summed E-state index contributed by atoms with van der Waals surface area (Å²) in [6, 6.07) is 10.3. The highest BCUT2D eigenvalue weighted by Gasteiger charge is 2.08. The Hall–Kier alpha value is -1.96. The molecular formula is C17H20O2. The Morgan fingerprint density at radius 2 is 1.63 bits per heavy atom. The number of aromatic hydroxyl groups is 1. The molecule has 0 fully saturated rings. The zero-order chi connectivity index (χ0) is 14.0. The Morgan fingerprint density at radius 1 is 1.00 bits per heavy atom. The van der Waals surface area contributed by atoms with Crippen LogP contribution in [0, 0.1) is 20.8 Å². The summed E-state index contributed by atoms with van der Waals surface area (Å²) in [6.45, 7) is 5.94. The Labute approximate surface area is 114 Å². The van der Waals surface area contributed by atoms with E-state index in [-0.39, 0.29) is 0 Å². The standard InChI is InChI=1S/C17H20O2/c1-11-5-6-16(19-4)15(7-11)10-14-8-12(2)17(18)13(3)9-14/h5-9,18H,10H2,1-4H3. The minimum absolute atomic E-state index is 0.389. The van der Waals surface area contributed by atoms with Crippen molar-refractivity contribution in [1.82, 2.24) is 0 Å². The van der Waals surface area contributed by atoms with E-state index in [1.54, 1.807) is 7.11 Å². The molecule has 19 heavy (non-hydrogen) atoms. The molecule has 0 aromatic heterocycles. The van der Waals surface area contributed by atoms with Gasteiger partial charge in [-0.2, -0.15) is 0 Å². The smallest absolute Gasteiger partial charge is 0.122 e. The van der Waals surface area contributed by atoms with E-state index in [4.69, 9.17) is 4.74 Å². The van der Waals surface area contributed by atoms with E-state index in [0.717, 1.165) is 23.3 Å². The average Bonchev–Trinajstić information content (AvgIpc) is 2.36. The van der Waals surface area contributed by atoms with Gasteiger partial charge in [0.2, 0.25) is 0 Å². The van der Waals surface area contributed by atoms with Crippen molar-refractivity contribution in [3.8, 4) is 11.5 Å². The van der Waals surface area contributed by atoms with Crippen LogP contribution in [0.25, 0.3) is 0 Å². The molecule has 0 aliphatic carbocycles. The van der Waals surface area contributed by atoms with Crippen molar-refractivity contribution in [2.75, 3.05) is 7.11 Å². The van der Waals surface area contributed by atoms with Gasteiger partial charge in [-0.1, -0.05) is 29.8 Å². The summed E-state index contributed by atoms with van der Waals surface area (Å²) < 4.78 is 5.41. The van der Waals surface area contributed by atoms with E-state index >= 15 is 0 Å². The zero-order valence-electron chi connectivity index (χ0n) is 11.9. The number of benzene rings is 2. The second-order valence-electron chi connectivity index (χ2n) is 5.07. The lowest BCUT2D eigenvalue weighted by Crippen LogP contribution is -1.96. The first-order valence-electron chi connectivity index (χ1n) is 6.44. The predicted molar refractivity (Wildman–Crippen MR) is 78.1 cm³/mol. The van der Waals surface area contributed by atoms with Crippen molar-refractivity contribution in [3.05, 3.63) is 58.1 Å². The molecule has 2 aromatic carbocycles. The maximum absolute atomic E-state index is 9.82. The van der Waals surface area contributed by atoms with Crippen LogP contribution in [0.1, 0.15) is 27.8 Å². The van der Waals surface area contributed by atoms with Gasteiger partial charge in [0.1, 0.15) is 11.5 Å². The fourth-order valence-electron chi connectivity index (χ4n) is 2.41. The van der Waals surface area contributed by atoms with Crippen molar-refractivity contribution >= 4 is 0 Å². The van der Waals surface area contributed by atoms with Crippen LogP contribution in [0.5, 0.6) is 11.5 Å². The first kappa shape index (κ1) is 13.5. The molecule has 0 atom stereocenters. The lowest BCUT2D eigenvalue weighted by atomic mass is 9.98. The largest absolute Gasteiger partial charge is 0.507 e. The second kappa shape index (κ2) is 5.35. The lowest BCUT2D eigenvalue weighted by molar-refractivity contribution is 0.410. The van der Waals surface area contributed by atoms with E-state index in [9.17, 15) is 5.11 Å². The summed E-state index contributed by atoms with van der Waals surface area (Å²) in [5.74, 6) is 1.30. The summed E-state index contributed by atoms with van der Waals surface area (Å²) in [5.41, 5.74) is 5.43. The summed E-state index contributed by atoms with van der Waals surface area (Å²) in [4.78, 5) is 0. The second-order valence-corrected chi connectivity index (χ2v) is 5.07. The highest BCUT2D eigenvalue weighted by atomic mass is 16.5. The summed E-state index contributed by atoms with van der Waals surface area (Å²) in [6.07, 6.45) is 0.812. The molecule has 0 aliphatic rings. The summed E-state index contributed by atoms with van der Waals surface area (Å²) in [7, 11) is 1.70. The maximum atomic E-state index is 9.82. The van der Waals surface area contributed by atoms with E-state index in [2.05, 4.69) is 19.1 Å². The Morgan fingerprint density at radius 3 is 2.21 bits per heavy atom. The lowest BCUT2D eigenvalue weighted by Gasteiger charge is -2.12. The molecule has 1 N–H and O–H groups in total. The molecule has 0 bridgehead atoms. The number of phenols is 1. The molecule has 100 valence electrons. The molecule has 2 rings (SSSR count). The molecule has 0 aliphatic heterocycles. The number of phenolic OH excluding ortho intramolecular Hbond substituents is 1. The van der Waals surface area contributed by atoms with Crippen LogP contribution in [0.15, 0.2) is 30.3 Å². The van der Waals surface area contributed by atoms with Gasteiger partial charge < -0.3 is 9.84 Å². The number of methoxy groups -OCH3 is 1. The number of hydrogen-bond donors (Lipinski definition) is 1. The topological polar surface area (TPSA) is 29.5 Å². The van der Waals surface area contributed by atoms with Crippen LogP contribution < -0.4 is 4.74 Å². The van der Waals surface area contributed by atoms with Gasteiger partial charge in [-0.3, -0.25) is 0 Å². The minimum atomic E-state index is 0.389. The Kier molecular flexibility index (Phi) is 3.79. The molecular weight excluding hydrogens is 236 g/mol. The minimum Gasteiger partial charge on any atom is -0.507 e. The molecule has 0 spiro atoms. The van der Waals surface area contributed by atoms with Crippen molar-refractivity contribution < 1.29 is 9.84 Å². The fourth-order valence-corrected chi connectivity index (χ4v) is 2.41. The fraction of sp³-hybridized carbons (Fsp3) is 0.294. The number of hydrogen-bond acceptors (Lipinski definition) is 2. The van der Waals surface area contributed by atoms with Gasteiger partial charge in [-0.15, -0.1) is 0 Å². The number of rotatable bonds is 3. The van der Waals surface area contributed by atoms with Crippen LogP contribution in [-0.2, 0) is 6.42 Å². The molecule has 0 unspecified atom stereocenters. The highest BCUT2D eigenvalue weighted by molar-refractivity contribution is 5.46. The Balaban J connectivity index is 2.38. The normalized spacial score (nSPS) is 10.5. The highest BCUT2D eigenvalue weighted by Crippen LogP contribution is 2.27. The molecule has 2 heteroatoms. The SMILES string of the molecule is COc1ccc(C)cc1Cc1cc(C)c(O)c(C)c1. The quantitative estimate of drug-likeness (QED) is 0.902. The van der Waals surface area contributed by atoms with Gasteiger partial charge in [0.05, 0.1) is 7.11 Å². The van der Waals surface area contributed by atoms with Crippen LogP contribution in [0.4, 0.5) is 0 Å². The van der Waals surface area contributed by atoms with E-state index in [1.807, 2.05) is 32.0 Å². The van der Waals surface area contributed by atoms with E-state index in [0.29, 0.717) is 5.75 Å².